The lowest BCUT2D eigenvalue weighted by Gasteiger charge is -2.09. The van der Waals surface area contributed by atoms with Crippen molar-refractivity contribution in [3.8, 4) is 16.8 Å². The molecular weight excluding hydrogens is 489 g/mol. The summed E-state index contributed by atoms with van der Waals surface area (Å²) in [5.41, 5.74) is 9.98. The maximum absolute atomic E-state index is 6.31. The molecule has 184 valence electrons. The number of hydrogen-bond acceptors (Lipinski definition) is 2. The van der Waals surface area contributed by atoms with Crippen LogP contribution in [0.4, 0.5) is 0 Å². The average Bonchev–Trinajstić information content (AvgIpc) is 3.65. The molecule has 3 nitrogen and oxygen atoms in total. The first kappa shape index (κ1) is 21.7. The molecule has 0 amide bonds. The Bertz CT molecular complexity index is 2460. The van der Waals surface area contributed by atoms with Crippen molar-refractivity contribution in [1.82, 2.24) is 4.57 Å². The molecule has 0 saturated heterocycles. The zero-order chi connectivity index (χ0) is 26.4. The van der Waals surface area contributed by atoms with E-state index in [2.05, 4.69) is 95.6 Å². The Labute approximate surface area is 230 Å². The van der Waals surface area contributed by atoms with Gasteiger partial charge in [0.2, 0.25) is 0 Å². The second kappa shape index (κ2) is 7.90. The van der Waals surface area contributed by atoms with Crippen LogP contribution in [0, 0.1) is 0 Å². The highest BCUT2D eigenvalue weighted by molar-refractivity contribution is 6.34. The standard InChI is InChI=1S/C36H20BNO2/c37-23-11-14-32-28(19-23)27-17-21(22-10-15-35-29(18-22)25-5-1-3-7-33(25)39-35)9-13-31(27)38(32)24-12-16-36-30(20-24)26-6-2-4-8-34(26)40-36/h1-20H. The Morgan fingerprint density at radius 2 is 0.950 bits per heavy atom. The second-order valence-electron chi connectivity index (χ2n) is 10.4. The highest BCUT2D eigenvalue weighted by Crippen LogP contribution is 2.38. The number of furan rings is 2. The zero-order valence-corrected chi connectivity index (χ0v) is 21.4. The molecule has 0 unspecified atom stereocenters. The minimum absolute atomic E-state index is 0.750. The predicted octanol–water partition coefficient (Wildman–Crippen LogP) is 9.04. The number of para-hydroxylation sites is 2. The third kappa shape index (κ3) is 3.02. The summed E-state index contributed by atoms with van der Waals surface area (Å²) in [6.07, 6.45) is 0. The van der Waals surface area contributed by atoms with Gasteiger partial charge in [-0.2, -0.15) is 0 Å². The molecule has 0 N–H and O–H groups in total. The Hall–Kier alpha value is -5.22. The van der Waals surface area contributed by atoms with Gasteiger partial charge >= 0.3 is 0 Å². The number of hydrogen-bond donors (Lipinski definition) is 0. The summed E-state index contributed by atoms with van der Waals surface area (Å²) in [5.74, 6) is 0. The van der Waals surface area contributed by atoms with Crippen LogP contribution in [-0.4, -0.2) is 12.4 Å². The summed E-state index contributed by atoms with van der Waals surface area (Å²) in [6, 6.07) is 42.1. The molecule has 0 aliphatic carbocycles. The summed E-state index contributed by atoms with van der Waals surface area (Å²) >= 11 is 0. The van der Waals surface area contributed by atoms with Crippen molar-refractivity contribution in [3.63, 3.8) is 0 Å². The van der Waals surface area contributed by atoms with Crippen LogP contribution in [0.25, 0.3) is 82.5 Å². The first-order valence-electron chi connectivity index (χ1n) is 13.4. The van der Waals surface area contributed by atoms with Gasteiger partial charge in [0, 0.05) is 38.0 Å². The van der Waals surface area contributed by atoms with Crippen molar-refractivity contribution >= 4 is 79.0 Å². The van der Waals surface area contributed by atoms with Gasteiger partial charge in [0.25, 0.3) is 0 Å². The fourth-order valence-corrected chi connectivity index (χ4v) is 6.26. The van der Waals surface area contributed by atoms with Gasteiger partial charge < -0.3 is 13.4 Å². The van der Waals surface area contributed by atoms with E-state index in [4.69, 9.17) is 16.7 Å². The molecule has 0 bridgehead atoms. The van der Waals surface area contributed by atoms with E-state index in [9.17, 15) is 0 Å². The summed E-state index contributed by atoms with van der Waals surface area (Å²) in [6.45, 7) is 0. The third-order valence-corrected chi connectivity index (χ3v) is 8.12. The molecule has 9 aromatic rings. The Morgan fingerprint density at radius 1 is 0.425 bits per heavy atom. The number of benzene rings is 6. The molecule has 9 rings (SSSR count). The van der Waals surface area contributed by atoms with Crippen LogP contribution in [0.5, 0.6) is 0 Å². The van der Waals surface area contributed by atoms with E-state index in [1.54, 1.807) is 0 Å². The highest BCUT2D eigenvalue weighted by Gasteiger charge is 2.16. The molecule has 2 radical (unpaired) electrons. The molecule has 0 spiro atoms. The largest absolute Gasteiger partial charge is 0.456 e. The molecule has 40 heavy (non-hydrogen) atoms. The van der Waals surface area contributed by atoms with Gasteiger partial charge in [-0.3, -0.25) is 0 Å². The minimum Gasteiger partial charge on any atom is -0.456 e. The Balaban J connectivity index is 1.29. The number of fused-ring (bicyclic) bond motifs is 9. The van der Waals surface area contributed by atoms with Gasteiger partial charge in [-0.05, 0) is 71.8 Å². The van der Waals surface area contributed by atoms with E-state index < -0.39 is 0 Å². The smallest absolute Gasteiger partial charge is 0.135 e. The van der Waals surface area contributed by atoms with Gasteiger partial charge in [0.15, 0.2) is 0 Å². The molecule has 0 fully saturated rings. The average molecular weight is 509 g/mol. The molecule has 0 aliphatic heterocycles. The molecular formula is C36H20BNO2. The van der Waals surface area contributed by atoms with Crippen molar-refractivity contribution < 1.29 is 8.83 Å². The van der Waals surface area contributed by atoms with Gasteiger partial charge in [-0.25, -0.2) is 0 Å². The summed E-state index contributed by atoms with van der Waals surface area (Å²) in [4.78, 5) is 0. The predicted molar refractivity (Wildman–Crippen MR) is 166 cm³/mol. The summed E-state index contributed by atoms with van der Waals surface area (Å²) in [7, 11) is 6.31. The normalized spacial score (nSPS) is 12.1. The van der Waals surface area contributed by atoms with Gasteiger partial charge in [-0.15, -0.1) is 0 Å². The van der Waals surface area contributed by atoms with E-state index in [1.165, 1.54) is 0 Å². The maximum Gasteiger partial charge on any atom is 0.135 e. The summed E-state index contributed by atoms with van der Waals surface area (Å²) in [5, 5.41) is 6.77. The SMILES string of the molecule is [B]c1ccc2c(c1)c1cc(-c3ccc4oc5ccccc5c4c3)ccc1n2-c1ccc2oc3ccccc3c2c1. The second-order valence-corrected chi connectivity index (χ2v) is 10.4. The van der Waals surface area contributed by atoms with Crippen molar-refractivity contribution in [1.29, 1.82) is 0 Å². The molecule has 6 aromatic carbocycles. The number of nitrogens with zero attached hydrogens (tertiary/aromatic N) is 1. The van der Waals surface area contributed by atoms with Crippen molar-refractivity contribution in [2.24, 2.45) is 0 Å². The van der Waals surface area contributed by atoms with Crippen LogP contribution >= 0.6 is 0 Å². The van der Waals surface area contributed by atoms with Gasteiger partial charge in [-0.1, -0.05) is 66.1 Å². The van der Waals surface area contributed by atoms with E-state index >= 15 is 0 Å². The summed E-state index contributed by atoms with van der Waals surface area (Å²) < 4.78 is 14.5. The van der Waals surface area contributed by atoms with Crippen LogP contribution in [0.2, 0.25) is 0 Å². The molecule has 0 saturated carbocycles. The van der Waals surface area contributed by atoms with Crippen LogP contribution in [0.3, 0.4) is 0 Å². The molecule has 0 aliphatic rings. The minimum atomic E-state index is 0.750. The first-order chi connectivity index (χ1) is 19.7. The lowest BCUT2D eigenvalue weighted by molar-refractivity contribution is 0.668. The fourth-order valence-electron chi connectivity index (χ4n) is 6.26. The van der Waals surface area contributed by atoms with Crippen LogP contribution in [0.15, 0.2) is 130 Å². The topological polar surface area (TPSA) is 31.2 Å². The number of rotatable bonds is 2. The molecule has 0 atom stereocenters. The number of aromatic nitrogens is 1. The lowest BCUT2D eigenvalue weighted by Crippen LogP contribution is -2.00. The van der Waals surface area contributed by atoms with E-state index in [0.717, 1.165) is 88.0 Å². The lowest BCUT2D eigenvalue weighted by atomic mass is 9.94. The molecule has 4 heteroatoms. The van der Waals surface area contributed by atoms with E-state index in [-0.39, 0.29) is 0 Å². The van der Waals surface area contributed by atoms with E-state index in [1.807, 2.05) is 30.3 Å². The third-order valence-electron chi connectivity index (χ3n) is 8.12. The zero-order valence-electron chi connectivity index (χ0n) is 21.4. The highest BCUT2D eigenvalue weighted by atomic mass is 16.3. The van der Waals surface area contributed by atoms with Gasteiger partial charge in [0.1, 0.15) is 30.2 Å². The molecule has 3 heterocycles. The van der Waals surface area contributed by atoms with Crippen molar-refractivity contribution in [3.05, 3.63) is 121 Å². The Morgan fingerprint density at radius 3 is 1.68 bits per heavy atom. The van der Waals surface area contributed by atoms with E-state index in [0.29, 0.717) is 0 Å². The van der Waals surface area contributed by atoms with Crippen molar-refractivity contribution in [2.75, 3.05) is 0 Å². The quantitative estimate of drug-likeness (QED) is 0.218. The van der Waals surface area contributed by atoms with Crippen LogP contribution < -0.4 is 5.46 Å². The van der Waals surface area contributed by atoms with Crippen LogP contribution in [0.1, 0.15) is 0 Å². The fraction of sp³-hybridized carbons (Fsp3) is 0. The monoisotopic (exact) mass is 509 g/mol. The van der Waals surface area contributed by atoms with Crippen molar-refractivity contribution in [2.45, 2.75) is 0 Å². The van der Waals surface area contributed by atoms with Crippen LogP contribution in [-0.2, 0) is 0 Å². The van der Waals surface area contributed by atoms with Gasteiger partial charge in [0.05, 0.1) is 11.0 Å². The molecule has 3 aromatic heterocycles. The first-order valence-corrected chi connectivity index (χ1v) is 13.4. The maximum atomic E-state index is 6.31. The Kier molecular flexibility index (Phi) is 4.29.